The van der Waals surface area contributed by atoms with Crippen molar-refractivity contribution in [2.75, 3.05) is 7.11 Å². The summed E-state index contributed by atoms with van der Waals surface area (Å²) in [5.41, 5.74) is 2.38. The number of pyridine rings is 2. The van der Waals surface area contributed by atoms with Crippen LogP contribution < -0.4 is 10.3 Å². The van der Waals surface area contributed by atoms with Crippen LogP contribution in [0.5, 0.6) is 5.75 Å². The summed E-state index contributed by atoms with van der Waals surface area (Å²) in [5, 5.41) is 4.47. The van der Waals surface area contributed by atoms with Crippen molar-refractivity contribution in [1.29, 1.82) is 0 Å². The summed E-state index contributed by atoms with van der Waals surface area (Å²) in [6, 6.07) is 9.98. The van der Waals surface area contributed by atoms with E-state index in [-0.39, 0.29) is 6.54 Å². The fourth-order valence-electron chi connectivity index (χ4n) is 3.60. The summed E-state index contributed by atoms with van der Waals surface area (Å²) in [6.07, 6.45) is 1.60. The molecule has 0 aliphatic carbocycles. The van der Waals surface area contributed by atoms with Crippen molar-refractivity contribution < 1.29 is 17.7 Å². The number of nitrogens with zero attached hydrogens (tertiary/aromatic N) is 3. The van der Waals surface area contributed by atoms with Gasteiger partial charge in [0.25, 0.3) is 14.6 Å². The number of aryl methyl sites for hydroxylation is 2. The first-order chi connectivity index (χ1) is 14.7. The maximum Gasteiger partial charge on any atom is 0.271 e. The van der Waals surface area contributed by atoms with E-state index in [1.165, 1.54) is 17.7 Å². The summed E-state index contributed by atoms with van der Waals surface area (Å²) in [4.78, 5) is 16.8. The van der Waals surface area contributed by atoms with Gasteiger partial charge in [0.15, 0.2) is 0 Å². The average Bonchev–Trinajstić information content (AvgIpc) is 3.07. The zero-order valence-corrected chi connectivity index (χ0v) is 18.5. The van der Waals surface area contributed by atoms with E-state index in [2.05, 4.69) is 10.1 Å². The number of ether oxygens (including phenoxy) is 1. The molecule has 0 amide bonds. The van der Waals surface area contributed by atoms with Gasteiger partial charge in [-0.15, -0.1) is 0 Å². The summed E-state index contributed by atoms with van der Waals surface area (Å²) in [5.74, 6) is 1.07. The van der Waals surface area contributed by atoms with E-state index in [0.29, 0.717) is 39.4 Å². The Morgan fingerprint density at radius 2 is 1.97 bits per heavy atom. The number of aromatic nitrogens is 3. The third kappa shape index (κ3) is 3.82. The van der Waals surface area contributed by atoms with Crippen molar-refractivity contribution in [3.8, 4) is 16.9 Å². The molecule has 8 nitrogen and oxygen atoms in total. The van der Waals surface area contributed by atoms with Gasteiger partial charge < -0.3 is 13.8 Å². The molecule has 1 aromatic carbocycles. The minimum Gasteiger partial charge on any atom is -0.496 e. The number of fused-ring (bicyclic) bond motifs is 1. The van der Waals surface area contributed by atoms with E-state index in [4.69, 9.17) is 19.9 Å². The highest BCUT2D eigenvalue weighted by Crippen LogP contribution is 2.38. The van der Waals surface area contributed by atoms with Gasteiger partial charge in [0.1, 0.15) is 16.4 Å². The van der Waals surface area contributed by atoms with Crippen LogP contribution in [0.15, 0.2) is 56.8 Å². The Morgan fingerprint density at radius 3 is 2.55 bits per heavy atom. The largest absolute Gasteiger partial charge is 0.496 e. The van der Waals surface area contributed by atoms with Crippen LogP contribution in [0.4, 0.5) is 0 Å². The number of hydrogen-bond acceptors (Lipinski definition) is 7. The molecule has 3 aromatic heterocycles. The predicted molar refractivity (Wildman–Crippen MR) is 116 cm³/mol. The maximum absolute atomic E-state index is 13.1. The monoisotopic (exact) mass is 459 g/mol. The molecule has 0 bridgehead atoms. The lowest BCUT2D eigenvalue weighted by Crippen LogP contribution is -2.26. The Kier molecular flexibility index (Phi) is 5.32. The number of rotatable bonds is 5. The molecule has 0 N–H and O–H groups in total. The van der Waals surface area contributed by atoms with E-state index >= 15 is 0 Å². The van der Waals surface area contributed by atoms with E-state index in [0.717, 1.165) is 5.56 Å². The summed E-state index contributed by atoms with van der Waals surface area (Å²) in [7, 11) is 2.81. The normalized spacial score (nSPS) is 11.7. The van der Waals surface area contributed by atoms with Gasteiger partial charge >= 0.3 is 0 Å². The number of hydrogen-bond donors (Lipinski definition) is 0. The fraction of sp³-hybridized carbons (Fsp3) is 0.190. The molecule has 160 valence electrons. The van der Waals surface area contributed by atoms with Crippen LogP contribution >= 0.6 is 10.7 Å². The highest BCUT2D eigenvalue weighted by molar-refractivity contribution is 8.13. The summed E-state index contributed by atoms with van der Waals surface area (Å²) >= 11 is 0. The van der Waals surface area contributed by atoms with Gasteiger partial charge in [-0.3, -0.25) is 9.78 Å². The first kappa shape index (κ1) is 21.1. The quantitative estimate of drug-likeness (QED) is 0.419. The molecule has 4 aromatic rings. The van der Waals surface area contributed by atoms with E-state index in [1.807, 2.05) is 0 Å². The molecule has 0 atom stereocenters. The molecule has 0 fully saturated rings. The van der Waals surface area contributed by atoms with Crippen LogP contribution in [0.2, 0.25) is 0 Å². The molecule has 0 saturated heterocycles. The van der Waals surface area contributed by atoms with Crippen molar-refractivity contribution in [2.45, 2.75) is 25.3 Å². The molecule has 3 heterocycles. The van der Waals surface area contributed by atoms with Gasteiger partial charge in [0, 0.05) is 33.9 Å². The Labute approximate surface area is 182 Å². The fourth-order valence-corrected chi connectivity index (χ4v) is 4.52. The minimum absolute atomic E-state index is 0.0598. The highest BCUT2D eigenvalue weighted by atomic mass is 35.7. The lowest BCUT2D eigenvalue weighted by molar-refractivity contribution is 0.393. The van der Waals surface area contributed by atoms with Crippen LogP contribution in [0.3, 0.4) is 0 Å². The van der Waals surface area contributed by atoms with Crippen LogP contribution in [0.25, 0.3) is 22.0 Å². The van der Waals surface area contributed by atoms with Crippen LogP contribution in [0, 0.1) is 13.8 Å². The molecule has 31 heavy (non-hydrogen) atoms. The number of benzene rings is 1. The molecule has 4 rings (SSSR count). The van der Waals surface area contributed by atoms with Gasteiger partial charge in [0.05, 0.1) is 36.1 Å². The molecular weight excluding hydrogens is 442 g/mol. The average molecular weight is 460 g/mol. The van der Waals surface area contributed by atoms with Gasteiger partial charge in [-0.1, -0.05) is 11.2 Å². The zero-order valence-electron chi connectivity index (χ0n) is 16.9. The van der Waals surface area contributed by atoms with Crippen LogP contribution in [-0.4, -0.2) is 30.2 Å². The molecule has 0 radical (unpaired) electrons. The Bertz CT molecular complexity index is 1440. The second-order valence-electron chi connectivity index (χ2n) is 6.97. The molecule has 0 spiro atoms. The second-order valence-corrected chi connectivity index (χ2v) is 9.50. The molecule has 0 aliphatic heterocycles. The SMILES string of the molecule is COc1cc2c(cc1-c1c(C)noc1C)cc(S(=O)(=O)Cl)c(=O)n2Cc1ccccn1. The van der Waals surface area contributed by atoms with Crippen LogP contribution in [0.1, 0.15) is 17.1 Å². The van der Waals surface area contributed by atoms with Gasteiger partial charge in [-0.05, 0) is 38.1 Å². The predicted octanol–water partition coefficient (Wildman–Crippen LogP) is 3.65. The van der Waals surface area contributed by atoms with Crippen molar-refractivity contribution in [1.82, 2.24) is 14.7 Å². The van der Waals surface area contributed by atoms with Crippen molar-refractivity contribution >= 4 is 30.6 Å². The van der Waals surface area contributed by atoms with Gasteiger partial charge in [-0.2, -0.15) is 0 Å². The Hall–Kier alpha value is -3.17. The second kappa shape index (κ2) is 7.82. The lowest BCUT2D eigenvalue weighted by Gasteiger charge is -2.15. The summed E-state index contributed by atoms with van der Waals surface area (Å²) in [6.45, 7) is 3.63. The minimum atomic E-state index is -4.28. The number of methoxy groups -OCH3 is 1. The topological polar surface area (TPSA) is 104 Å². The van der Waals surface area contributed by atoms with Gasteiger partial charge in [0.2, 0.25) is 0 Å². The number of halogens is 1. The van der Waals surface area contributed by atoms with E-state index in [9.17, 15) is 13.2 Å². The first-order valence-electron chi connectivity index (χ1n) is 9.24. The Morgan fingerprint density at radius 1 is 1.19 bits per heavy atom. The maximum atomic E-state index is 13.1. The molecule has 0 aliphatic rings. The smallest absolute Gasteiger partial charge is 0.271 e. The highest BCUT2D eigenvalue weighted by Gasteiger charge is 2.23. The zero-order chi connectivity index (χ0) is 22.3. The summed E-state index contributed by atoms with van der Waals surface area (Å²) < 4.78 is 36.5. The lowest BCUT2D eigenvalue weighted by atomic mass is 10.0. The molecule has 0 saturated carbocycles. The van der Waals surface area contributed by atoms with Crippen molar-refractivity contribution in [3.05, 3.63) is 70.1 Å². The van der Waals surface area contributed by atoms with E-state index < -0.39 is 19.5 Å². The third-order valence-electron chi connectivity index (χ3n) is 4.99. The first-order valence-corrected chi connectivity index (χ1v) is 11.5. The van der Waals surface area contributed by atoms with E-state index in [1.54, 1.807) is 50.4 Å². The molecule has 10 heteroatoms. The molecule has 0 unspecified atom stereocenters. The molecular formula is C21H18ClN3O5S. The third-order valence-corrected chi connectivity index (χ3v) is 6.31. The van der Waals surface area contributed by atoms with Gasteiger partial charge in [-0.25, -0.2) is 8.42 Å². The standard InChI is InChI=1S/C21H18ClN3O5S/c1-12-20(13(2)30-24-12)16-8-14-9-19(31(22,27)28)21(26)25(17(14)10-18(16)29-3)11-15-6-4-5-7-23-15/h4-10H,11H2,1-3H3. The van der Waals surface area contributed by atoms with Crippen LogP contribution in [-0.2, 0) is 15.6 Å². The van der Waals surface area contributed by atoms with Crippen molar-refractivity contribution in [3.63, 3.8) is 0 Å². The Balaban J connectivity index is 2.08. The van der Waals surface area contributed by atoms with Crippen molar-refractivity contribution in [2.24, 2.45) is 0 Å².